The minimum Gasteiger partial charge on any atom is -0.505 e. The van der Waals surface area contributed by atoms with Crippen LogP contribution in [-0.4, -0.2) is 15.2 Å². The van der Waals surface area contributed by atoms with Crippen molar-refractivity contribution in [2.24, 2.45) is 0 Å². The maximum Gasteiger partial charge on any atom is 0.260 e. The molecule has 106 valence electrons. The Labute approximate surface area is 127 Å². The lowest BCUT2D eigenvalue weighted by atomic mass is 10.2. The number of phenols is 1. The molecule has 0 saturated heterocycles. The summed E-state index contributed by atoms with van der Waals surface area (Å²) in [5.41, 5.74) is 7.40. The molecule has 0 amide bonds. The van der Waals surface area contributed by atoms with E-state index in [2.05, 4.69) is 26.1 Å². The quantitative estimate of drug-likeness (QED) is 0.690. The van der Waals surface area contributed by atoms with E-state index in [1.807, 2.05) is 0 Å². The number of halogens is 2. The Balaban J connectivity index is 2.03. The maximum absolute atomic E-state index is 13.3. The zero-order chi connectivity index (χ0) is 15.0. The Morgan fingerprint density at radius 2 is 2.05 bits per heavy atom. The van der Waals surface area contributed by atoms with Gasteiger partial charge in [-0.2, -0.15) is 4.98 Å². The summed E-state index contributed by atoms with van der Waals surface area (Å²) in [6, 6.07) is 9.19. The molecule has 0 bridgehead atoms. The zero-order valence-electron chi connectivity index (χ0n) is 10.5. The van der Waals surface area contributed by atoms with Crippen LogP contribution in [0.25, 0.3) is 22.8 Å². The van der Waals surface area contributed by atoms with Crippen LogP contribution in [0.15, 0.2) is 45.4 Å². The summed E-state index contributed by atoms with van der Waals surface area (Å²) in [4.78, 5) is 4.20. The van der Waals surface area contributed by atoms with Gasteiger partial charge in [-0.25, -0.2) is 4.39 Å². The minimum absolute atomic E-state index is 0.211. The maximum atomic E-state index is 13.3. The number of aromatic hydroxyl groups is 1. The largest absolute Gasteiger partial charge is 0.505 e. The highest BCUT2D eigenvalue weighted by atomic mass is 79.9. The Morgan fingerprint density at radius 1 is 1.24 bits per heavy atom. The Morgan fingerprint density at radius 3 is 2.81 bits per heavy atom. The summed E-state index contributed by atoms with van der Waals surface area (Å²) < 4.78 is 19.2. The molecule has 21 heavy (non-hydrogen) atoms. The van der Waals surface area contributed by atoms with Gasteiger partial charge in [0.2, 0.25) is 5.82 Å². The first kappa shape index (κ1) is 13.6. The molecule has 0 unspecified atom stereocenters. The molecular formula is C14H9BrFN3O2. The first-order valence-corrected chi connectivity index (χ1v) is 6.72. The van der Waals surface area contributed by atoms with Gasteiger partial charge >= 0.3 is 0 Å². The molecule has 0 radical (unpaired) electrons. The van der Waals surface area contributed by atoms with E-state index in [0.29, 0.717) is 16.8 Å². The standard InChI is InChI=1S/C14H9BrFN3O2/c15-9-3-1-2-8(12(9)17)14-18-13(19-21-14)7-4-5-11(20)10(16)6-7/h1-6,20H,17H2. The molecule has 1 aromatic heterocycles. The fourth-order valence-corrected chi connectivity index (χ4v) is 2.19. The number of nitrogen functional groups attached to an aromatic ring is 1. The van der Waals surface area contributed by atoms with E-state index >= 15 is 0 Å². The number of rotatable bonds is 2. The highest BCUT2D eigenvalue weighted by Gasteiger charge is 2.15. The average molecular weight is 350 g/mol. The van der Waals surface area contributed by atoms with Crippen molar-refractivity contribution >= 4 is 21.6 Å². The third-order valence-electron chi connectivity index (χ3n) is 2.92. The number of para-hydroxylation sites is 1. The van der Waals surface area contributed by atoms with Crippen LogP contribution in [0, 0.1) is 5.82 Å². The van der Waals surface area contributed by atoms with Gasteiger partial charge in [-0.3, -0.25) is 0 Å². The Hall–Kier alpha value is -2.41. The van der Waals surface area contributed by atoms with Crippen LogP contribution in [0.1, 0.15) is 0 Å². The molecule has 5 nitrogen and oxygen atoms in total. The second-order valence-electron chi connectivity index (χ2n) is 4.29. The third-order valence-corrected chi connectivity index (χ3v) is 3.61. The first-order valence-electron chi connectivity index (χ1n) is 5.93. The molecule has 0 aliphatic rings. The fraction of sp³-hybridized carbons (Fsp3) is 0. The third kappa shape index (κ3) is 2.47. The van der Waals surface area contributed by atoms with Gasteiger partial charge in [0.1, 0.15) is 0 Å². The summed E-state index contributed by atoms with van der Waals surface area (Å²) in [6.07, 6.45) is 0. The number of hydrogen-bond acceptors (Lipinski definition) is 5. The van der Waals surface area contributed by atoms with Crippen LogP contribution in [-0.2, 0) is 0 Å². The second kappa shape index (κ2) is 5.17. The van der Waals surface area contributed by atoms with E-state index < -0.39 is 11.6 Å². The van der Waals surface area contributed by atoms with E-state index in [1.54, 1.807) is 18.2 Å². The van der Waals surface area contributed by atoms with Crippen molar-refractivity contribution < 1.29 is 14.0 Å². The smallest absolute Gasteiger partial charge is 0.260 e. The van der Waals surface area contributed by atoms with Crippen molar-refractivity contribution in [2.45, 2.75) is 0 Å². The highest BCUT2D eigenvalue weighted by molar-refractivity contribution is 9.10. The van der Waals surface area contributed by atoms with Gasteiger partial charge in [0.25, 0.3) is 5.89 Å². The van der Waals surface area contributed by atoms with E-state index in [-0.39, 0.29) is 11.7 Å². The monoisotopic (exact) mass is 349 g/mol. The molecule has 2 aromatic carbocycles. The fourth-order valence-electron chi connectivity index (χ4n) is 1.82. The van der Waals surface area contributed by atoms with Crippen molar-refractivity contribution in [1.82, 2.24) is 10.1 Å². The second-order valence-corrected chi connectivity index (χ2v) is 5.14. The molecule has 3 N–H and O–H groups in total. The zero-order valence-corrected chi connectivity index (χ0v) is 12.1. The molecule has 0 aliphatic heterocycles. The van der Waals surface area contributed by atoms with Crippen LogP contribution >= 0.6 is 15.9 Å². The number of aromatic nitrogens is 2. The summed E-state index contributed by atoms with van der Waals surface area (Å²) in [6.45, 7) is 0. The van der Waals surface area contributed by atoms with Crippen LogP contribution in [0.2, 0.25) is 0 Å². The van der Waals surface area contributed by atoms with Crippen LogP contribution in [0.5, 0.6) is 5.75 Å². The topological polar surface area (TPSA) is 85.2 Å². The van der Waals surface area contributed by atoms with Crippen LogP contribution < -0.4 is 5.73 Å². The van der Waals surface area contributed by atoms with Gasteiger partial charge in [-0.05, 0) is 46.3 Å². The van der Waals surface area contributed by atoms with Crippen molar-refractivity contribution in [2.75, 3.05) is 5.73 Å². The normalized spacial score (nSPS) is 10.8. The van der Waals surface area contributed by atoms with E-state index in [1.165, 1.54) is 12.1 Å². The first-order chi connectivity index (χ1) is 10.1. The van der Waals surface area contributed by atoms with Gasteiger partial charge in [0.05, 0.1) is 11.3 Å². The Kier molecular flexibility index (Phi) is 3.34. The van der Waals surface area contributed by atoms with Gasteiger partial charge in [-0.1, -0.05) is 11.2 Å². The molecule has 0 aliphatic carbocycles. The van der Waals surface area contributed by atoms with Crippen LogP contribution in [0.4, 0.5) is 10.1 Å². The number of nitrogens with two attached hydrogens (primary N) is 1. The van der Waals surface area contributed by atoms with Crippen molar-refractivity contribution in [3.63, 3.8) is 0 Å². The Bertz CT molecular complexity index is 820. The molecule has 7 heteroatoms. The van der Waals surface area contributed by atoms with E-state index in [0.717, 1.165) is 10.5 Å². The molecule has 1 heterocycles. The number of nitrogens with zero attached hydrogens (tertiary/aromatic N) is 2. The lowest BCUT2D eigenvalue weighted by molar-refractivity contribution is 0.430. The lowest BCUT2D eigenvalue weighted by Crippen LogP contribution is -1.91. The molecule has 0 saturated carbocycles. The number of anilines is 1. The van der Waals surface area contributed by atoms with Gasteiger partial charge in [0.15, 0.2) is 11.6 Å². The predicted octanol–water partition coefficient (Wildman–Crippen LogP) is 3.59. The summed E-state index contributed by atoms with van der Waals surface area (Å²) in [7, 11) is 0. The number of benzene rings is 2. The van der Waals surface area contributed by atoms with Crippen molar-refractivity contribution in [3.8, 4) is 28.6 Å². The highest BCUT2D eigenvalue weighted by Crippen LogP contribution is 2.32. The van der Waals surface area contributed by atoms with Gasteiger partial charge in [-0.15, -0.1) is 0 Å². The van der Waals surface area contributed by atoms with Crippen molar-refractivity contribution in [3.05, 3.63) is 46.7 Å². The average Bonchev–Trinajstić information content (AvgIpc) is 2.94. The summed E-state index contributed by atoms with van der Waals surface area (Å²) >= 11 is 3.32. The molecule has 3 rings (SSSR count). The molecule has 0 atom stereocenters. The van der Waals surface area contributed by atoms with E-state index in [4.69, 9.17) is 10.3 Å². The SMILES string of the molecule is Nc1c(Br)cccc1-c1nc(-c2ccc(O)c(F)c2)no1. The van der Waals surface area contributed by atoms with Crippen molar-refractivity contribution in [1.29, 1.82) is 0 Å². The summed E-state index contributed by atoms with van der Waals surface area (Å²) in [5, 5.41) is 13.0. The van der Waals surface area contributed by atoms with Gasteiger partial charge < -0.3 is 15.4 Å². The molecule has 0 fully saturated rings. The van der Waals surface area contributed by atoms with Gasteiger partial charge in [0, 0.05) is 10.0 Å². The van der Waals surface area contributed by atoms with Crippen LogP contribution in [0.3, 0.4) is 0 Å². The van der Waals surface area contributed by atoms with E-state index in [9.17, 15) is 9.50 Å². The molecule has 3 aromatic rings. The number of phenolic OH excluding ortho intramolecular Hbond substituents is 1. The predicted molar refractivity (Wildman–Crippen MR) is 78.9 cm³/mol. The molecule has 0 spiro atoms. The summed E-state index contributed by atoms with van der Waals surface area (Å²) in [5.74, 6) is -0.736. The minimum atomic E-state index is -0.749. The molecular weight excluding hydrogens is 341 g/mol. The lowest BCUT2D eigenvalue weighted by Gasteiger charge is -2.01. The number of hydrogen-bond donors (Lipinski definition) is 2.